The molecule has 0 atom stereocenters. The maximum atomic E-state index is 12.3. The lowest BCUT2D eigenvalue weighted by Crippen LogP contribution is -2.36. The summed E-state index contributed by atoms with van der Waals surface area (Å²) in [5.41, 5.74) is 3.00. The molecule has 2 N–H and O–H groups in total. The Kier molecular flexibility index (Phi) is 7.39. The monoisotopic (exact) mass is 451 g/mol. The van der Waals surface area contributed by atoms with Crippen molar-refractivity contribution < 1.29 is 19.2 Å². The molecule has 2 aromatic carbocycles. The number of carbonyl (C=O) groups is 2. The number of amides is 2. The fourth-order valence-corrected chi connectivity index (χ4v) is 3.31. The number of aromatic nitrogens is 2. The van der Waals surface area contributed by atoms with E-state index in [0.29, 0.717) is 30.0 Å². The van der Waals surface area contributed by atoms with Crippen molar-refractivity contribution in [2.75, 3.05) is 13.7 Å². The second kappa shape index (κ2) is 10.4. The SMILES string of the molecule is COc1ccc(CNC(=O)CNC(=O)c2ccc(Cn3nc(C)c([N+](=O)[O-])c3C)cc2)cc1. The van der Waals surface area contributed by atoms with E-state index in [1.807, 2.05) is 24.3 Å². The summed E-state index contributed by atoms with van der Waals surface area (Å²) in [6.07, 6.45) is 0. The van der Waals surface area contributed by atoms with Crippen molar-refractivity contribution in [1.29, 1.82) is 0 Å². The zero-order valence-electron chi connectivity index (χ0n) is 18.6. The summed E-state index contributed by atoms with van der Waals surface area (Å²) in [6.45, 7) is 3.79. The van der Waals surface area contributed by atoms with Crippen LogP contribution in [0.5, 0.6) is 5.75 Å². The Labute approximate surface area is 190 Å². The Balaban J connectivity index is 1.50. The van der Waals surface area contributed by atoms with Crippen molar-refractivity contribution in [3.05, 3.63) is 86.7 Å². The topological polar surface area (TPSA) is 128 Å². The number of methoxy groups -OCH3 is 1. The molecule has 2 amide bonds. The van der Waals surface area contributed by atoms with Gasteiger partial charge in [-0.15, -0.1) is 0 Å². The molecule has 0 radical (unpaired) electrons. The smallest absolute Gasteiger partial charge is 0.312 e. The third-order valence-electron chi connectivity index (χ3n) is 5.13. The van der Waals surface area contributed by atoms with Crippen LogP contribution in [0.25, 0.3) is 0 Å². The van der Waals surface area contributed by atoms with Gasteiger partial charge in [-0.2, -0.15) is 5.10 Å². The van der Waals surface area contributed by atoms with E-state index < -0.39 is 4.92 Å². The summed E-state index contributed by atoms with van der Waals surface area (Å²) >= 11 is 0. The zero-order valence-corrected chi connectivity index (χ0v) is 18.6. The normalized spacial score (nSPS) is 10.5. The Morgan fingerprint density at radius 1 is 1.03 bits per heavy atom. The number of hydrogen-bond acceptors (Lipinski definition) is 6. The summed E-state index contributed by atoms with van der Waals surface area (Å²) in [5.74, 6) is 0.0596. The summed E-state index contributed by atoms with van der Waals surface area (Å²) in [6, 6.07) is 14.1. The predicted molar refractivity (Wildman–Crippen MR) is 121 cm³/mol. The maximum Gasteiger partial charge on any atom is 0.312 e. The first-order valence-corrected chi connectivity index (χ1v) is 10.2. The molecule has 0 aliphatic carbocycles. The molecule has 0 bridgehead atoms. The molecule has 10 nitrogen and oxygen atoms in total. The molecular formula is C23H25N5O5. The molecule has 1 heterocycles. The van der Waals surface area contributed by atoms with Crippen LogP contribution in [0.1, 0.15) is 32.9 Å². The van der Waals surface area contributed by atoms with Gasteiger partial charge in [-0.25, -0.2) is 0 Å². The molecule has 172 valence electrons. The average Bonchev–Trinajstić information content (AvgIpc) is 3.09. The number of carbonyl (C=O) groups excluding carboxylic acids is 2. The molecule has 0 unspecified atom stereocenters. The molecule has 0 saturated heterocycles. The van der Waals surface area contributed by atoms with E-state index in [-0.39, 0.29) is 24.0 Å². The number of ether oxygens (including phenoxy) is 1. The van der Waals surface area contributed by atoms with Gasteiger partial charge in [0.15, 0.2) is 0 Å². The quantitative estimate of drug-likeness (QED) is 0.380. The number of hydrogen-bond donors (Lipinski definition) is 2. The van der Waals surface area contributed by atoms with Crippen molar-refractivity contribution in [2.45, 2.75) is 26.9 Å². The van der Waals surface area contributed by atoms with Gasteiger partial charge in [0.1, 0.15) is 17.1 Å². The number of aryl methyl sites for hydroxylation is 1. The largest absolute Gasteiger partial charge is 0.497 e. The minimum atomic E-state index is -0.436. The Bertz CT molecular complexity index is 1150. The highest BCUT2D eigenvalue weighted by atomic mass is 16.6. The number of nitrogens with one attached hydrogen (secondary N) is 2. The fourth-order valence-electron chi connectivity index (χ4n) is 3.31. The second-order valence-electron chi connectivity index (χ2n) is 7.44. The van der Waals surface area contributed by atoms with Gasteiger partial charge in [-0.05, 0) is 49.2 Å². The number of rotatable bonds is 9. The first kappa shape index (κ1) is 23.5. The van der Waals surface area contributed by atoms with E-state index in [1.165, 1.54) is 0 Å². The van der Waals surface area contributed by atoms with Crippen molar-refractivity contribution in [3.63, 3.8) is 0 Å². The lowest BCUT2D eigenvalue weighted by atomic mass is 10.1. The molecule has 0 aliphatic heterocycles. The van der Waals surface area contributed by atoms with E-state index in [0.717, 1.165) is 16.9 Å². The van der Waals surface area contributed by atoms with Crippen molar-refractivity contribution in [3.8, 4) is 5.75 Å². The van der Waals surface area contributed by atoms with E-state index in [2.05, 4.69) is 15.7 Å². The molecule has 1 aromatic heterocycles. The van der Waals surface area contributed by atoms with Gasteiger partial charge >= 0.3 is 5.69 Å². The molecule has 0 fully saturated rings. The van der Waals surface area contributed by atoms with E-state index in [1.54, 1.807) is 49.9 Å². The lowest BCUT2D eigenvalue weighted by molar-refractivity contribution is -0.386. The van der Waals surface area contributed by atoms with Crippen LogP contribution in [-0.4, -0.2) is 40.2 Å². The van der Waals surface area contributed by atoms with E-state index in [4.69, 9.17) is 4.74 Å². The molecule has 33 heavy (non-hydrogen) atoms. The first-order chi connectivity index (χ1) is 15.8. The van der Waals surface area contributed by atoms with Crippen LogP contribution in [0.15, 0.2) is 48.5 Å². The van der Waals surface area contributed by atoms with Gasteiger partial charge in [0.2, 0.25) is 5.91 Å². The Morgan fingerprint density at radius 3 is 2.24 bits per heavy atom. The summed E-state index contributed by atoms with van der Waals surface area (Å²) in [4.78, 5) is 35.1. The Morgan fingerprint density at radius 2 is 1.67 bits per heavy atom. The summed E-state index contributed by atoms with van der Waals surface area (Å²) < 4.78 is 6.66. The minimum absolute atomic E-state index is 0.0104. The average molecular weight is 451 g/mol. The van der Waals surface area contributed by atoms with Crippen LogP contribution in [0, 0.1) is 24.0 Å². The standard InChI is InChI=1S/C23H25N5O5/c1-15-22(28(31)32)16(2)27(26-15)14-18-4-8-19(9-5-18)23(30)25-13-21(29)24-12-17-6-10-20(33-3)11-7-17/h4-11H,12-14H2,1-3H3,(H,24,29)(H,25,30). The maximum absolute atomic E-state index is 12.3. The lowest BCUT2D eigenvalue weighted by Gasteiger charge is -2.09. The van der Waals surface area contributed by atoms with Crippen LogP contribution < -0.4 is 15.4 Å². The van der Waals surface area contributed by atoms with Gasteiger partial charge in [0, 0.05) is 12.1 Å². The van der Waals surface area contributed by atoms with Crippen molar-refractivity contribution in [1.82, 2.24) is 20.4 Å². The number of nitro groups is 1. The molecular weight excluding hydrogens is 426 g/mol. The number of benzene rings is 2. The highest BCUT2D eigenvalue weighted by Crippen LogP contribution is 2.22. The Hall–Kier alpha value is -4.21. The van der Waals surface area contributed by atoms with Crippen LogP contribution in [0.4, 0.5) is 5.69 Å². The van der Waals surface area contributed by atoms with Crippen molar-refractivity contribution >= 4 is 17.5 Å². The van der Waals surface area contributed by atoms with Crippen LogP contribution in [0.3, 0.4) is 0 Å². The van der Waals surface area contributed by atoms with Gasteiger partial charge in [0.05, 0.1) is 25.1 Å². The minimum Gasteiger partial charge on any atom is -0.497 e. The molecule has 3 aromatic rings. The summed E-state index contributed by atoms with van der Waals surface area (Å²) in [7, 11) is 1.59. The van der Waals surface area contributed by atoms with Gasteiger partial charge < -0.3 is 15.4 Å². The molecule has 0 saturated carbocycles. The third kappa shape index (κ3) is 5.94. The van der Waals surface area contributed by atoms with E-state index in [9.17, 15) is 19.7 Å². The van der Waals surface area contributed by atoms with Crippen LogP contribution >= 0.6 is 0 Å². The second-order valence-corrected chi connectivity index (χ2v) is 7.44. The van der Waals surface area contributed by atoms with Crippen LogP contribution in [-0.2, 0) is 17.9 Å². The van der Waals surface area contributed by atoms with E-state index >= 15 is 0 Å². The fraction of sp³-hybridized carbons (Fsp3) is 0.261. The van der Waals surface area contributed by atoms with Crippen LogP contribution in [0.2, 0.25) is 0 Å². The zero-order chi connectivity index (χ0) is 24.0. The molecule has 10 heteroatoms. The van der Waals surface area contributed by atoms with Gasteiger partial charge in [0.25, 0.3) is 5.91 Å². The molecule has 0 spiro atoms. The van der Waals surface area contributed by atoms with Gasteiger partial charge in [-0.3, -0.25) is 24.4 Å². The van der Waals surface area contributed by atoms with Crippen molar-refractivity contribution in [2.24, 2.45) is 0 Å². The first-order valence-electron chi connectivity index (χ1n) is 10.2. The summed E-state index contributed by atoms with van der Waals surface area (Å²) in [5, 5.41) is 20.7. The molecule has 3 rings (SSSR count). The number of nitrogens with zero attached hydrogens (tertiary/aromatic N) is 3. The highest BCUT2D eigenvalue weighted by Gasteiger charge is 2.21. The third-order valence-corrected chi connectivity index (χ3v) is 5.13. The molecule has 0 aliphatic rings. The highest BCUT2D eigenvalue weighted by molar-refractivity contribution is 5.96. The predicted octanol–water partition coefficient (Wildman–Crippen LogP) is 2.51. The van der Waals surface area contributed by atoms with Gasteiger partial charge in [-0.1, -0.05) is 24.3 Å².